The molecule has 0 aromatic rings. The van der Waals surface area contributed by atoms with E-state index in [1.807, 2.05) is 18.2 Å². The number of nitroso groups, excluding NO2 is 1. The molecule has 0 heterocycles. The van der Waals surface area contributed by atoms with Crippen LogP contribution in [0, 0.1) is 4.91 Å². The molecule has 0 bridgehead atoms. The number of hydrogen-bond donors (Lipinski definition) is 0. The van der Waals surface area contributed by atoms with Crippen LogP contribution < -0.4 is 0 Å². The predicted octanol–water partition coefficient (Wildman–Crippen LogP) is 1.59. The van der Waals surface area contributed by atoms with E-state index in [1.165, 1.54) is 0 Å². The van der Waals surface area contributed by atoms with E-state index in [4.69, 9.17) is 0 Å². The van der Waals surface area contributed by atoms with Gasteiger partial charge < -0.3 is 0 Å². The molecule has 1 aliphatic carbocycles. The summed E-state index contributed by atoms with van der Waals surface area (Å²) in [5.74, 6) is 0. The van der Waals surface area contributed by atoms with Crippen molar-refractivity contribution >= 4 is 0 Å². The summed E-state index contributed by atoms with van der Waals surface area (Å²) < 4.78 is 3.73. The van der Waals surface area contributed by atoms with Crippen molar-refractivity contribution in [2.75, 3.05) is 0 Å². The Balaban J connectivity index is 2.45. The van der Waals surface area contributed by atoms with Gasteiger partial charge in [-0.25, -0.2) is 0 Å². The quantitative estimate of drug-likeness (QED) is 0.555. The van der Waals surface area contributed by atoms with E-state index in [0.29, 0.717) is 14.9 Å². The fourth-order valence-electron chi connectivity index (χ4n) is 0.509. The van der Waals surface area contributed by atoms with Crippen LogP contribution in [0.4, 0.5) is 0 Å². The summed E-state index contributed by atoms with van der Waals surface area (Å²) in [5.41, 5.74) is 0. The molecule has 8 heavy (non-hydrogen) atoms. The number of rotatable bonds is 2. The van der Waals surface area contributed by atoms with Gasteiger partial charge in [0.1, 0.15) is 0 Å². The summed E-state index contributed by atoms with van der Waals surface area (Å²) in [5, 5.41) is 0. The van der Waals surface area contributed by atoms with Gasteiger partial charge in [-0.15, -0.1) is 0 Å². The van der Waals surface area contributed by atoms with Gasteiger partial charge in [0.2, 0.25) is 0 Å². The molecule has 0 radical (unpaired) electrons. The van der Waals surface area contributed by atoms with Gasteiger partial charge in [-0.3, -0.25) is 0 Å². The van der Waals surface area contributed by atoms with E-state index < -0.39 is 0 Å². The molecular weight excluding hydrogens is 149 g/mol. The molecule has 0 unspecified atom stereocenters. The van der Waals surface area contributed by atoms with E-state index in [9.17, 15) is 4.91 Å². The molecule has 0 aliphatic heterocycles. The van der Waals surface area contributed by atoms with Crippen molar-refractivity contribution in [3.8, 4) is 0 Å². The normalized spacial score (nSPS) is 16.8. The molecule has 0 atom stereocenters. The second kappa shape index (κ2) is 2.79. The molecule has 45 valence electrons. The zero-order valence-corrected chi connectivity index (χ0v) is 5.17. The fourth-order valence-corrected chi connectivity index (χ4v) is 1.04. The van der Waals surface area contributed by atoms with Crippen molar-refractivity contribution < 1.29 is 14.9 Å². The van der Waals surface area contributed by atoms with Crippen LogP contribution in [0.25, 0.3) is 0 Å². The summed E-state index contributed by atoms with van der Waals surface area (Å²) in [7, 11) is 0. The topological polar surface area (TPSA) is 29.4 Å². The molecule has 3 heteroatoms. The van der Waals surface area contributed by atoms with Crippen LogP contribution in [0.5, 0.6) is 0 Å². The first-order valence-corrected chi connectivity index (χ1v) is 3.21. The van der Waals surface area contributed by atoms with Gasteiger partial charge in [-0.1, -0.05) is 0 Å². The number of hydrogen-bond acceptors (Lipinski definition) is 2. The van der Waals surface area contributed by atoms with Gasteiger partial charge in [0.15, 0.2) is 0 Å². The second-order valence-electron chi connectivity index (χ2n) is 1.34. The van der Waals surface area contributed by atoms with Gasteiger partial charge in [0.05, 0.1) is 0 Å². The third-order valence-electron chi connectivity index (χ3n) is 0.826. The minimum absolute atomic E-state index is 0.575. The standard InChI is InChI=1S/C5H5.Co.NO/c1-2-4-5-3-1;;1-2/h1-2,5H,3H2;;/q;+1;-1. The number of allylic oxidation sites excluding steroid dienone is 4. The van der Waals surface area contributed by atoms with Crippen LogP contribution in [-0.2, 0) is 14.9 Å². The van der Waals surface area contributed by atoms with Crippen molar-refractivity contribution in [2.45, 2.75) is 6.42 Å². The maximum absolute atomic E-state index is 9.62. The first-order valence-electron chi connectivity index (χ1n) is 2.23. The molecular formula is C5H5CoNO. The Labute approximate surface area is 53.8 Å². The molecule has 2 nitrogen and oxygen atoms in total. The van der Waals surface area contributed by atoms with Gasteiger partial charge >= 0.3 is 53.2 Å². The zero-order chi connectivity index (χ0) is 5.82. The Bertz CT molecular complexity index is 151. The zero-order valence-electron chi connectivity index (χ0n) is 4.13. The molecule has 0 amide bonds. The molecule has 1 aliphatic rings. The van der Waals surface area contributed by atoms with Gasteiger partial charge in [0.25, 0.3) is 0 Å². The molecule has 0 aromatic carbocycles. The molecule has 0 saturated heterocycles. The SMILES string of the molecule is O=[N][Co][C]1=CCC=C1. The van der Waals surface area contributed by atoms with E-state index >= 15 is 0 Å². The van der Waals surface area contributed by atoms with Crippen molar-refractivity contribution in [3.05, 3.63) is 27.6 Å². The van der Waals surface area contributed by atoms with E-state index in [-0.39, 0.29) is 0 Å². The van der Waals surface area contributed by atoms with Crippen molar-refractivity contribution in [3.63, 3.8) is 0 Å². The Morgan fingerprint density at radius 1 is 1.75 bits per heavy atom. The first kappa shape index (κ1) is 5.72. The van der Waals surface area contributed by atoms with Crippen LogP contribution in [0.2, 0.25) is 0 Å². The van der Waals surface area contributed by atoms with Gasteiger partial charge in [0, 0.05) is 0 Å². The van der Waals surface area contributed by atoms with Gasteiger partial charge in [-0.2, -0.15) is 0 Å². The Morgan fingerprint density at radius 3 is 3.12 bits per heavy atom. The Morgan fingerprint density at radius 2 is 2.62 bits per heavy atom. The third kappa shape index (κ3) is 1.28. The van der Waals surface area contributed by atoms with Crippen molar-refractivity contribution in [1.29, 1.82) is 0 Å². The molecule has 0 fully saturated rings. The van der Waals surface area contributed by atoms with Crippen LogP contribution in [0.1, 0.15) is 6.42 Å². The monoisotopic (exact) mass is 154 g/mol. The molecule has 0 saturated carbocycles. The van der Waals surface area contributed by atoms with Gasteiger partial charge in [-0.05, 0) is 0 Å². The molecule has 1 rings (SSSR count). The Kier molecular flexibility index (Phi) is 1.99. The predicted molar refractivity (Wildman–Crippen MR) is 27.6 cm³/mol. The third-order valence-corrected chi connectivity index (χ3v) is 1.58. The average Bonchev–Trinajstić information content (AvgIpc) is 2.19. The fraction of sp³-hybridized carbons (Fsp3) is 0.200. The van der Waals surface area contributed by atoms with E-state index in [2.05, 4.69) is 4.23 Å². The van der Waals surface area contributed by atoms with Crippen molar-refractivity contribution in [1.82, 2.24) is 0 Å². The summed E-state index contributed by atoms with van der Waals surface area (Å²) >= 11 is 0.575. The van der Waals surface area contributed by atoms with Crippen LogP contribution in [0.3, 0.4) is 0 Å². The average molecular weight is 154 g/mol. The summed E-state index contributed by atoms with van der Waals surface area (Å²) in [6, 6.07) is 0. The minimum atomic E-state index is 0.575. The maximum atomic E-state index is 9.62. The molecule has 0 aromatic heterocycles. The van der Waals surface area contributed by atoms with E-state index in [0.717, 1.165) is 10.9 Å². The van der Waals surface area contributed by atoms with Crippen LogP contribution in [0.15, 0.2) is 27.0 Å². The number of nitrogens with zero attached hydrogens (tertiary/aromatic N) is 1. The first-order chi connectivity index (χ1) is 3.93. The molecule has 0 N–H and O–H groups in total. The summed E-state index contributed by atoms with van der Waals surface area (Å²) in [6.07, 6.45) is 6.87. The van der Waals surface area contributed by atoms with E-state index in [1.54, 1.807) is 0 Å². The summed E-state index contributed by atoms with van der Waals surface area (Å²) in [4.78, 5) is 9.62. The molecule has 0 spiro atoms. The van der Waals surface area contributed by atoms with Crippen LogP contribution in [-0.4, -0.2) is 0 Å². The van der Waals surface area contributed by atoms with Crippen molar-refractivity contribution in [2.24, 2.45) is 4.23 Å². The summed E-state index contributed by atoms with van der Waals surface area (Å²) in [6.45, 7) is 0. The van der Waals surface area contributed by atoms with Crippen LogP contribution >= 0.6 is 0 Å². The Hall–Kier alpha value is -0.414. The second-order valence-corrected chi connectivity index (χ2v) is 2.36.